The Morgan fingerprint density at radius 1 is 1.18 bits per heavy atom. The van der Waals surface area contributed by atoms with Gasteiger partial charge < -0.3 is 21.1 Å². The molecule has 3 amide bonds. The fourth-order valence-corrected chi connectivity index (χ4v) is 1.87. The maximum atomic E-state index is 11.9. The SMILES string of the molecule is CCC(C)[C@H](NC(=O)Nc1cccc(NC(C)=O)c1)C(=O)O. The summed E-state index contributed by atoms with van der Waals surface area (Å²) in [5, 5.41) is 16.7. The summed E-state index contributed by atoms with van der Waals surface area (Å²) in [5.41, 5.74) is 0.999. The summed E-state index contributed by atoms with van der Waals surface area (Å²) in [6, 6.07) is 5.02. The van der Waals surface area contributed by atoms with Gasteiger partial charge in [0.15, 0.2) is 0 Å². The average Bonchev–Trinajstić information content (AvgIpc) is 2.43. The van der Waals surface area contributed by atoms with E-state index in [9.17, 15) is 14.4 Å². The first-order valence-corrected chi connectivity index (χ1v) is 7.01. The quantitative estimate of drug-likeness (QED) is 0.646. The Morgan fingerprint density at radius 3 is 2.27 bits per heavy atom. The molecule has 0 spiro atoms. The highest BCUT2D eigenvalue weighted by atomic mass is 16.4. The van der Waals surface area contributed by atoms with Crippen molar-refractivity contribution in [1.82, 2.24) is 5.32 Å². The van der Waals surface area contributed by atoms with E-state index in [0.717, 1.165) is 0 Å². The van der Waals surface area contributed by atoms with Gasteiger partial charge in [-0.1, -0.05) is 26.3 Å². The molecule has 0 fully saturated rings. The van der Waals surface area contributed by atoms with Crippen molar-refractivity contribution in [1.29, 1.82) is 0 Å². The number of anilines is 2. The van der Waals surface area contributed by atoms with E-state index in [1.54, 1.807) is 31.2 Å². The van der Waals surface area contributed by atoms with E-state index >= 15 is 0 Å². The Morgan fingerprint density at radius 2 is 1.77 bits per heavy atom. The van der Waals surface area contributed by atoms with Gasteiger partial charge in [0.2, 0.25) is 5.91 Å². The fraction of sp³-hybridized carbons (Fsp3) is 0.400. The van der Waals surface area contributed by atoms with Crippen molar-refractivity contribution >= 4 is 29.3 Å². The molecule has 0 heterocycles. The second kappa shape index (κ2) is 8.02. The molecule has 0 aliphatic carbocycles. The lowest BCUT2D eigenvalue weighted by Gasteiger charge is -2.20. The number of hydrogen-bond acceptors (Lipinski definition) is 3. The van der Waals surface area contributed by atoms with E-state index in [0.29, 0.717) is 17.8 Å². The summed E-state index contributed by atoms with van der Waals surface area (Å²) in [4.78, 5) is 34.1. The number of hydrogen-bond donors (Lipinski definition) is 4. The first-order valence-electron chi connectivity index (χ1n) is 7.01. The number of urea groups is 1. The smallest absolute Gasteiger partial charge is 0.326 e. The van der Waals surface area contributed by atoms with Crippen LogP contribution in [0.4, 0.5) is 16.2 Å². The number of carboxylic acid groups (broad SMARTS) is 1. The highest BCUT2D eigenvalue weighted by Gasteiger charge is 2.25. The van der Waals surface area contributed by atoms with Crippen LogP contribution in [0.3, 0.4) is 0 Å². The first kappa shape index (κ1) is 17.5. The van der Waals surface area contributed by atoms with Gasteiger partial charge in [-0.2, -0.15) is 0 Å². The van der Waals surface area contributed by atoms with E-state index in [4.69, 9.17) is 5.11 Å². The van der Waals surface area contributed by atoms with E-state index < -0.39 is 18.0 Å². The Labute approximate surface area is 129 Å². The molecule has 0 bridgehead atoms. The number of carbonyl (C=O) groups is 3. The van der Waals surface area contributed by atoms with E-state index in [1.807, 2.05) is 6.92 Å². The summed E-state index contributed by atoms with van der Waals surface area (Å²) in [6.45, 7) is 5.00. The topological polar surface area (TPSA) is 108 Å². The number of rotatable bonds is 6. The van der Waals surface area contributed by atoms with Crippen LogP contribution in [0.25, 0.3) is 0 Å². The van der Waals surface area contributed by atoms with Crippen molar-refractivity contribution < 1.29 is 19.5 Å². The van der Waals surface area contributed by atoms with Crippen LogP contribution in [0.1, 0.15) is 27.2 Å². The molecule has 1 rings (SSSR count). The van der Waals surface area contributed by atoms with Gasteiger partial charge >= 0.3 is 12.0 Å². The number of benzene rings is 1. The molecule has 7 nitrogen and oxygen atoms in total. The third-order valence-corrected chi connectivity index (χ3v) is 3.21. The molecular formula is C15H21N3O4. The van der Waals surface area contributed by atoms with Gasteiger partial charge in [-0.05, 0) is 24.1 Å². The minimum atomic E-state index is -1.07. The highest BCUT2D eigenvalue weighted by molar-refractivity contribution is 5.94. The van der Waals surface area contributed by atoms with Gasteiger partial charge in [-0.3, -0.25) is 4.79 Å². The third-order valence-electron chi connectivity index (χ3n) is 3.21. The van der Waals surface area contributed by atoms with E-state index in [2.05, 4.69) is 16.0 Å². The maximum absolute atomic E-state index is 11.9. The zero-order chi connectivity index (χ0) is 16.7. The number of carbonyl (C=O) groups excluding carboxylic acids is 2. The number of nitrogens with one attached hydrogen (secondary N) is 3. The van der Waals surface area contributed by atoms with Crippen LogP contribution in [0, 0.1) is 5.92 Å². The molecule has 0 radical (unpaired) electrons. The van der Waals surface area contributed by atoms with E-state index in [-0.39, 0.29) is 11.8 Å². The monoisotopic (exact) mass is 307 g/mol. The van der Waals surface area contributed by atoms with Crippen LogP contribution < -0.4 is 16.0 Å². The predicted molar refractivity (Wildman–Crippen MR) is 83.8 cm³/mol. The molecule has 0 saturated heterocycles. The largest absolute Gasteiger partial charge is 0.480 e. The molecule has 22 heavy (non-hydrogen) atoms. The van der Waals surface area contributed by atoms with Gasteiger partial charge in [0.05, 0.1) is 0 Å². The molecule has 0 aliphatic heterocycles. The van der Waals surface area contributed by atoms with Crippen molar-refractivity contribution in [3.05, 3.63) is 24.3 Å². The van der Waals surface area contributed by atoms with E-state index in [1.165, 1.54) is 6.92 Å². The third kappa shape index (κ3) is 5.43. The highest BCUT2D eigenvalue weighted by Crippen LogP contribution is 2.15. The lowest BCUT2D eigenvalue weighted by molar-refractivity contribution is -0.140. The Kier molecular flexibility index (Phi) is 6.37. The molecular weight excluding hydrogens is 286 g/mol. The van der Waals surface area contributed by atoms with Crippen LogP contribution >= 0.6 is 0 Å². The van der Waals surface area contributed by atoms with Crippen molar-refractivity contribution in [2.24, 2.45) is 5.92 Å². The van der Waals surface area contributed by atoms with Crippen molar-refractivity contribution in [2.45, 2.75) is 33.2 Å². The minimum absolute atomic E-state index is 0.186. The van der Waals surface area contributed by atoms with Crippen LogP contribution in [0.2, 0.25) is 0 Å². The molecule has 1 aromatic rings. The number of amides is 3. The van der Waals surface area contributed by atoms with Crippen LogP contribution in [-0.2, 0) is 9.59 Å². The second-order valence-electron chi connectivity index (χ2n) is 5.06. The maximum Gasteiger partial charge on any atom is 0.326 e. The fourth-order valence-electron chi connectivity index (χ4n) is 1.87. The normalized spacial score (nSPS) is 12.9. The zero-order valence-corrected chi connectivity index (χ0v) is 12.8. The van der Waals surface area contributed by atoms with Crippen molar-refractivity contribution in [3.8, 4) is 0 Å². The van der Waals surface area contributed by atoms with Crippen LogP contribution in [-0.4, -0.2) is 29.1 Å². The number of carboxylic acids is 1. The molecule has 2 atom stereocenters. The lowest BCUT2D eigenvalue weighted by Crippen LogP contribution is -2.46. The first-order chi connectivity index (χ1) is 10.3. The zero-order valence-electron chi connectivity index (χ0n) is 12.8. The van der Waals surface area contributed by atoms with Gasteiger partial charge in [-0.15, -0.1) is 0 Å². The minimum Gasteiger partial charge on any atom is -0.480 e. The summed E-state index contributed by atoms with van der Waals surface area (Å²) < 4.78 is 0. The second-order valence-corrected chi connectivity index (χ2v) is 5.06. The van der Waals surface area contributed by atoms with Crippen molar-refractivity contribution in [2.75, 3.05) is 10.6 Å². The molecule has 0 aromatic heterocycles. The summed E-state index contributed by atoms with van der Waals surface area (Å²) >= 11 is 0. The molecule has 120 valence electrons. The van der Waals surface area contributed by atoms with Gasteiger partial charge in [0.25, 0.3) is 0 Å². The lowest BCUT2D eigenvalue weighted by atomic mass is 9.99. The molecule has 1 unspecified atom stereocenters. The average molecular weight is 307 g/mol. The molecule has 7 heteroatoms. The Balaban J connectivity index is 2.71. The van der Waals surface area contributed by atoms with Crippen molar-refractivity contribution in [3.63, 3.8) is 0 Å². The van der Waals surface area contributed by atoms with Gasteiger partial charge in [-0.25, -0.2) is 9.59 Å². The number of aliphatic carboxylic acids is 1. The Hall–Kier alpha value is -2.57. The predicted octanol–water partition coefficient (Wildman–Crippen LogP) is 2.27. The molecule has 4 N–H and O–H groups in total. The Bertz CT molecular complexity index is 559. The summed E-state index contributed by atoms with van der Waals surface area (Å²) in [7, 11) is 0. The van der Waals surface area contributed by atoms with Gasteiger partial charge in [0, 0.05) is 18.3 Å². The molecule has 0 aliphatic rings. The summed E-state index contributed by atoms with van der Waals surface area (Å²) in [6.07, 6.45) is 0.634. The van der Waals surface area contributed by atoms with Crippen LogP contribution in [0.15, 0.2) is 24.3 Å². The molecule has 0 saturated carbocycles. The van der Waals surface area contributed by atoms with Gasteiger partial charge in [0.1, 0.15) is 6.04 Å². The summed E-state index contributed by atoms with van der Waals surface area (Å²) in [5.74, 6) is -1.48. The standard InChI is InChI=1S/C15H21N3O4/c1-4-9(2)13(14(20)21)18-15(22)17-12-7-5-6-11(8-12)16-10(3)19/h5-9,13H,4H2,1-3H3,(H,16,19)(H,20,21)(H2,17,18,22)/t9?,13-/m0/s1. The van der Waals surface area contributed by atoms with Crippen LogP contribution in [0.5, 0.6) is 0 Å². The molecule has 1 aromatic carbocycles.